The number of hydrogen-bond donors (Lipinski definition) is 0. The minimum Gasteiger partial charge on any atom is -0.462 e. The molecule has 162 valence electrons. The molecule has 0 unspecified atom stereocenters. The van der Waals surface area contributed by atoms with E-state index in [1.54, 1.807) is 6.20 Å². The van der Waals surface area contributed by atoms with E-state index in [-0.39, 0.29) is 11.9 Å². The summed E-state index contributed by atoms with van der Waals surface area (Å²) in [5, 5.41) is 0.929. The Bertz CT molecular complexity index is 1130. The monoisotopic (exact) mass is 485 g/mol. The minimum absolute atomic E-state index is 0.145. The average Bonchev–Trinajstić information content (AvgIpc) is 3.16. The molecule has 0 N–H and O–H groups in total. The average molecular weight is 486 g/mol. The maximum Gasteiger partial charge on any atom is 0.319 e. The van der Waals surface area contributed by atoms with Crippen LogP contribution in [0.25, 0.3) is 10.9 Å². The molecule has 0 radical (unpaired) electrons. The molecule has 1 fully saturated rings. The molecule has 3 aromatic rings. The summed E-state index contributed by atoms with van der Waals surface area (Å²) in [5.74, 6) is 0.512. The number of ether oxygens (including phenoxy) is 1. The zero-order valence-electron chi connectivity index (χ0n) is 17.7. The van der Waals surface area contributed by atoms with Crippen LogP contribution in [0.15, 0.2) is 35.1 Å². The van der Waals surface area contributed by atoms with Gasteiger partial charge in [0, 0.05) is 40.2 Å². The van der Waals surface area contributed by atoms with Gasteiger partial charge in [0.25, 0.3) is 0 Å². The molecule has 5 rings (SSSR count). The van der Waals surface area contributed by atoms with Crippen LogP contribution >= 0.6 is 15.9 Å². The van der Waals surface area contributed by atoms with E-state index in [1.165, 1.54) is 12.6 Å². The summed E-state index contributed by atoms with van der Waals surface area (Å²) >= 11 is 3.54. The van der Waals surface area contributed by atoms with Gasteiger partial charge in [-0.2, -0.15) is 9.97 Å². The molecule has 2 atom stereocenters. The van der Waals surface area contributed by atoms with Gasteiger partial charge in [-0.25, -0.2) is 4.39 Å². The molecule has 1 aromatic carbocycles. The maximum atomic E-state index is 14.5. The summed E-state index contributed by atoms with van der Waals surface area (Å²) < 4.78 is 21.5. The molecule has 2 aromatic heterocycles. The van der Waals surface area contributed by atoms with Crippen LogP contribution in [0, 0.1) is 5.82 Å². The van der Waals surface area contributed by atoms with Gasteiger partial charge in [-0.05, 0) is 63.5 Å². The second-order valence-corrected chi connectivity index (χ2v) is 9.43. The van der Waals surface area contributed by atoms with Crippen molar-refractivity contribution in [1.29, 1.82) is 0 Å². The Balaban J connectivity index is 1.53. The number of likely N-dealkylation sites (N-methyl/N-ethyl adjacent to an activating group) is 1. The number of nitrogens with zero attached hydrogens (tertiary/aromatic N) is 5. The SMILES string of the molecule is C[C@H]1Cc2cncc(F)c2CN1c1nc(OC[C@@H]2CCCN2C)nc2cc(Br)ccc12. The Morgan fingerprint density at radius 2 is 2.13 bits per heavy atom. The molecular weight excluding hydrogens is 461 g/mol. The lowest BCUT2D eigenvalue weighted by molar-refractivity contribution is 0.188. The van der Waals surface area contributed by atoms with Gasteiger partial charge in [-0.15, -0.1) is 0 Å². The predicted octanol–water partition coefficient (Wildman–Crippen LogP) is 4.35. The highest BCUT2D eigenvalue weighted by atomic mass is 79.9. The van der Waals surface area contributed by atoms with Crippen molar-refractivity contribution in [3.8, 4) is 6.01 Å². The smallest absolute Gasteiger partial charge is 0.319 e. The van der Waals surface area contributed by atoms with E-state index in [4.69, 9.17) is 9.72 Å². The molecule has 1 saturated heterocycles. The van der Waals surface area contributed by atoms with E-state index < -0.39 is 0 Å². The topological polar surface area (TPSA) is 54.4 Å². The van der Waals surface area contributed by atoms with Crippen molar-refractivity contribution in [3.05, 3.63) is 52.0 Å². The summed E-state index contributed by atoms with van der Waals surface area (Å²) in [7, 11) is 2.13. The quantitative estimate of drug-likeness (QED) is 0.547. The van der Waals surface area contributed by atoms with Gasteiger partial charge < -0.3 is 14.5 Å². The Hall–Kier alpha value is -2.32. The van der Waals surface area contributed by atoms with Crippen molar-refractivity contribution in [3.63, 3.8) is 0 Å². The second kappa shape index (κ2) is 8.31. The second-order valence-electron chi connectivity index (χ2n) is 8.52. The molecule has 0 amide bonds. The van der Waals surface area contributed by atoms with Gasteiger partial charge in [-0.3, -0.25) is 4.98 Å². The third-order valence-corrected chi connectivity index (χ3v) is 6.93. The lowest BCUT2D eigenvalue weighted by Crippen LogP contribution is -2.39. The van der Waals surface area contributed by atoms with E-state index >= 15 is 0 Å². The summed E-state index contributed by atoms with van der Waals surface area (Å²) in [5.41, 5.74) is 2.46. The van der Waals surface area contributed by atoms with Crippen molar-refractivity contribution in [2.45, 2.75) is 44.8 Å². The normalized spacial score (nSPS) is 21.5. The van der Waals surface area contributed by atoms with E-state index in [0.29, 0.717) is 37.2 Å². The fourth-order valence-electron chi connectivity index (χ4n) is 4.60. The molecule has 31 heavy (non-hydrogen) atoms. The van der Waals surface area contributed by atoms with Crippen LogP contribution in [0.4, 0.5) is 10.2 Å². The first-order valence-corrected chi connectivity index (χ1v) is 11.5. The van der Waals surface area contributed by atoms with E-state index in [2.05, 4.69) is 49.7 Å². The van der Waals surface area contributed by atoms with E-state index in [0.717, 1.165) is 39.7 Å². The van der Waals surface area contributed by atoms with Crippen molar-refractivity contribution in [2.75, 3.05) is 25.1 Å². The number of rotatable bonds is 4. The third kappa shape index (κ3) is 3.99. The lowest BCUT2D eigenvalue weighted by Gasteiger charge is -2.36. The number of halogens is 2. The summed E-state index contributed by atoms with van der Waals surface area (Å²) in [6.45, 7) is 4.23. The Morgan fingerprint density at radius 3 is 2.94 bits per heavy atom. The number of likely N-dealkylation sites (tertiary alicyclic amines) is 1. The van der Waals surface area contributed by atoms with Crippen molar-refractivity contribution >= 4 is 32.7 Å². The summed E-state index contributed by atoms with van der Waals surface area (Å²) in [4.78, 5) is 18.0. The van der Waals surface area contributed by atoms with Crippen molar-refractivity contribution < 1.29 is 9.13 Å². The van der Waals surface area contributed by atoms with Gasteiger partial charge in [0.2, 0.25) is 0 Å². The largest absolute Gasteiger partial charge is 0.462 e. The zero-order valence-corrected chi connectivity index (χ0v) is 19.3. The van der Waals surface area contributed by atoms with Crippen LogP contribution in [0.3, 0.4) is 0 Å². The molecule has 0 aliphatic carbocycles. The fraction of sp³-hybridized carbons (Fsp3) is 0.435. The van der Waals surface area contributed by atoms with Crippen LogP contribution in [0.2, 0.25) is 0 Å². The fourth-order valence-corrected chi connectivity index (χ4v) is 4.95. The first kappa shape index (κ1) is 20.6. The van der Waals surface area contributed by atoms with Crippen LogP contribution in [0.5, 0.6) is 6.01 Å². The highest BCUT2D eigenvalue weighted by molar-refractivity contribution is 9.10. The first-order valence-electron chi connectivity index (χ1n) is 10.7. The van der Waals surface area contributed by atoms with Gasteiger partial charge >= 0.3 is 6.01 Å². The third-order valence-electron chi connectivity index (χ3n) is 6.44. The van der Waals surface area contributed by atoms with Gasteiger partial charge in [0.1, 0.15) is 18.2 Å². The van der Waals surface area contributed by atoms with E-state index in [9.17, 15) is 4.39 Å². The Morgan fingerprint density at radius 1 is 1.26 bits per heavy atom. The number of aromatic nitrogens is 3. The van der Waals surface area contributed by atoms with Crippen molar-refractivity contribution in [2.24, 2.45) is 0 Å². The Labute approximate surface area is 189 Å². The number of fused-ring (bicyclic) bond motifs is 2. The molecule has 0 bridgehead atoms. The van der Waals surface area contributed by atoms with Crippen LogP contribution in [0.1, 0.15) is 30.9 Å². The number of hydrogen-bond acceptors (Lipinski definition) is 6. The zero-order chi connectivity index (χ0) is 21.5. The van der Waals surface area contributed by atoms with Gasteiger partial charge in [0.05, 0.1) is 11.7 Å². The maximum absolute atomic E-state index is 14.5. The Kier molecular flexibility index (Phi) is 5.52. The molecule has 0 spiro atoms. The highest BCUT2D eigenvalue weighted by Gasteiger charge is 2.29. The molecule has 0 saturated carbocycles. The summed E-state index contributed by atoms with van der Waals surface area (Å²) in [6, 6.07) is 6.86. The number of anilines is 1. The number of benzene rings is 1. The first-order chi connectivity index (χ1) is 15.0. The molecular formula is C23H25BrFN5O. The van der Waals surface area contributed by atoms with E-state index in [1.807, 2.05) is 18.2 Å². The van der Waals surface area contributed by atoms with Gasteiger partial charge in [-0.1, -0.05) is 15.9 Å². The predicted molar refractivity (Wildman–Crippen MR) is 122 cm³/mol. The van der Waals surface area contributed by atoms with Crippen LogP contribution in [-0.4, -0.2) is 52.1 Å². The van der Waals surface area contributed by atoms with Gasteiger partial charge in [0.15, 0.2) is 0 Å². The summed E-state index contributed by atoms with van der Waals surface area (Å²) in [6.07, 6.45) is 6.08. The van der Waals surface area contributed by atoms with Crippen LogP contribution < -0.4 is 9.64 Å². The molecule has 4 heterocycles. The molecule has 2 aliphatic rings. The highest BCUT2D eigenvalue weighted by Crippen LogP contribution is 2.34. The molecule has 2 aliphatic heterocycles. The lowest BCUT2D eigenvalue weighted by atomic mass is 9.96. The van der Waals surface area contributed by atoms with Crippen LogP contribution in [-0.2, 0) is 13.0 Å². The number of pyridine rings is 1. The standard InChI is InChI=1S/C23H25BrFN5O/c1-14-8-15-10-26-11-20(25)19(15)12-30(14)22-18-6-5-16(24)9-21(18)27-23(28-22)31-13-17-4-3-7-29(17)2/h5-6,9-11,14,17H,3-4,7-8,12-13H2,1-2H3/t14-,17-/m0/s1. The van der Waals surface area contributed by atoms with Crippen molar-refractivity contribution in [1.82, 2.24) is 19.9 Å². The molecule has 8 heteroatoms. The minimum atomic E-state index is -0.267. The molecule has 6 nitrogen and oxygen atoms in total.